The minimum absolute atomic E-state index is 0.259. The van der Waals surface area contributed by atoms with E-state index in [-0.39, 0.29) is 11.9 Å². The van der Waals surface area contributed by atoms with Gasteiger partial charge in [0.05, 0.1) is 16.3 Å². The van der Waals surface area contributed by atoms with Crippen molar-refractivity contribution in [2.24, 2.45) is 0 Å². The number of hydrogen-bond donors (Lipinski definition) is 1. The van der Waals surface area contributed by atoms with Gasteiger partial charge in [0.15, 0.2) is 0 Å². The van der Waals surface area contributed by atoms with Gasteiger partial charge in [-0.1, -0.05) is 0 Å². The van der Waals surface area contributed by atoms with Crippen LogP contribution < -0.4 is 10.5 Å². The fourth-order valence-electron chi connectivity index (χ4n) is 1.31. The predicted molar refractivity (Wildman–Crippen MR) is 56.8 cm³/mol. The van der Waals surface area contributed by atoms with Crippen LogP contribution in [0.5, 0.6) is 5.75 Å². The van der Waals surface area contributed by atoms with Crippen LogP contribution >= 0.6 is 15.9 Å². The molecule has 2 N–H and O–H groups in total. The summed E-state index contributed by atoms with van der Waals surface area (Å²) in [6.07, 6.45) is 3.59. The number of hydrogen-bond acceptors (Lipinski definition) is 2. The second-order valence-electron chi connectivity index (χ2n) is 3.47. The van der Waals surface area contributed by atoms with Gasteiger partial charge in [-0.2, -0.15) is 0 Å². The van der Waals surface area contributed by atoms with Gasteiger partial charge >= 0.3 is 0 Å². The lowest BCUT2D eigenvalue weighted by molar-refractivity contribution is 0.121. The zero-order chi connectivity index (χ0) is 10.1. The molecule has 1 aliphatic rings. The molecule has 0 heterocycles. The third kappa shape index (κ3) is 1.85. The number of nitrogens with two attached hydrogens (primary N) is 1. The van der Waals surface area contributed by atoms with Gasteiger partial charge in [0, 0.05) is 6.07 Å². The maximum absolute atomic E-state index is 13.0. The van der Waals surface area contributed by atoms with Crippen LogP contribution in [0.1, 0.15) is 19.3 Å². The van der Waals surface area contributed by atoms with Gasteiger partial charge in [0.1, 0.15) is 11.6 Å². The Bertz CT molecular complexity index is 352. The Kier molecular flexibility index (Phi) is 2.63. The molecule has 4 heteroatoms. The van der Waals surface area contributed by atoms with Crippen LogP contribution in [-0.2, 0) is 0 Å². The molecule has 0 atom stereocenters. The lowest BCUT2D eigenvalue weighted by Gasteiger charge is -2.27. The van der Waals surface area contributed by atoms with E-state index < -0.39 is 0 Å². The number of ether oxygens (including phenoxy) is 1. The lowest BCUT2D eigenvalue weighted by Crippen LogP contribution is -2.25. The highest BCUT2D eigenvalue weighted by atomic mass is 79.9. The van der Waals surface area contributed by atoms with Crippen molar-refractivity contribution in [2.75, 3.05) is 5.73 Å². The molecule has 1 saturated carbocycles. The number of nitrogen functional groups attached to an aromatic ring is 1. The average molecular weight is 260 g/mol. The van der Waals surface area contributed by atoms with E-state index in [2.05, 4.69) is 15.9 Å². The van der Waals surface area contributed by atoms with Gasteiger partial charge in [-0.05, 0) is 41.3 Å². The van der Waals surface area contributed by atoms with Crippen molar-refractivity contribution < 1.29 is 9.13 Å². The Morgan fingerprint density at radius 2 is 2.14 bits per heavy atom. The summed E-state index contributed by atoms with van der Waals surface area (Å²) in [6.45, 7) is 0. The van der Waals surface area contributed by atoms with Crippen LogP contribution in [0.25, 0.3) is 0 Å². The van der Waals surface area contributed by atoms with E-state index in [0.29, 0.717) is 15.9 Å². The molecule has 14 heavy (non-hydrogen) atoms. The first-order valence-corrected chi connectivity index (χ1v) is 5.37. The highest BCUT2D eigenvalue weighted by Gasteiger charge is 2.20. The fourth-order valence-corrected chi connectivity index (χ4v) is 1.64. The summed E-state index contributed by atoms with van der Waals surface area (Å²) in [5.41, 5.74) is 5.99. The Balaban J connectivity index is 2.19. The molecule has 0 unspecified atom stereocenters. The number of rotatable bonds is 2. The van der Waals surface area contributed by atoms with Crippen molar-refractivity contribution >= 4 is 21.6 Å². The zero-order valence-electron chi connectivity index (χ0n) is 7.59. The molecule has 1 aromatic carbocycles. The second kappa shape index (κ2) is 3.77. The van der Waals surface area contributed by atoms with Gasteiger partial charge in [0.25, 0.3) is 0 Å². The number of anilines is 1. The van der Waals surface area contributed by atoms with Crippen LogP contribution in [0.15, 0.2) is 16.6 Å². The van der Waals surface area contributed by atoms with Crippen LogP contribution in [0, 0.1) is 5.82 Å². The first-order chi connectivity index (χ1) is 6.66. The summed E-state index contributed by atoms with van der Waals surface area (Å²) < 4.78 is 19.0. The Morgan fingerprint density at radius 3 is 2.71 bits per heavy atom. The highest BCUT2D eigenvalue weighted by molar-refractivity contribution is 9.10. The van der Waals surface area contributed by atoms with Crippen molar-refractivity contribution in [2.45, 2.75) is 25.4 Å². The molecule has 1 aliphatic carbocycles. The maximum atomic E-state index is 13.0. The van der Waals surface area contributed by atoms with Crippen molar-refractivity contribution in [1.29, 1.82) is 0 Å². The van der Waals surface area contributed by atoms with E-state index in [1.807, 2.05) is 0 Å². The van der Waals surface area contributed by atoms with E-state index in [4.69, 9.17) is 10.5 Å². The molecule has 0 aliphatic heterocycles. The van der Waals surface area contributed by atoms with E-state index in [1.165, 1.54) is 12.5 Å². The predicted octanol–water partition coefficient (Wildman–Crippen LogP) is 3.10. The zero-order valence-corrected chi connectivity index (χ0v) is 9.18. The summed E-state index contributed by atoms with van der Waals surface area (Å²) >= 11 is 3.10. The molecule has 1 fully saturated rings. The van der Waals surface area contributed by atoms with E-state index >= 15 is 0 Å². The van der Waals surface area contributed by atoms with E-state index in [0.717, 1.165) is 12.8 Å². The number of halogens is 2. The molecule has 1 aromatic rings. The summed E-state index contributed by atoms with van der Waals surface area (Å²) in [4.78, 5) is 0. The first-order valence-electron chi connectivity index (χ1n) is 4.58. The molecule has 0 amide bonds. The Morgan fingerprint density at radius 1 is 1.43 bits per heavy atom. The first kappa shape index (κ1) is 9.77. The van der Waals surface area contributed by atoms with Crippen molar-refractivity contribution in [3.8, 4) is 5.75 Å². The molecular weight excluding hydrogens is 249 g/mol. The molecule has 0 radical (unpaired) electrons. The van der Waals surface area contributed by atoms with Crippen molar-refractivity contribution in [1.82, 2.24) is 0 Å². The van der Waals surface area contributed by atoms with Crippen LogP contribution in [0.3, 0.4) is 0 Å². The molecule has 0 saturated heterocycles. The van der Waals surface area contributed by atoms with E-state index in [1.54, 1.807) is 6.07 Å². The Hall–Kier alpha value is -0.770. The van der Waals surface area contributed by atoms with Gasteiger partial charge in [-0.3, -0.25) is 0 Å². The van der Waals surface area contributed by atoms with Gasteiger partial charge in [-0.25, -0.2) is 4.39 Å². The highest BCUT2D eigenvalue weighted by Crippen LogP contribution is 2.32. The second-order valence-corrected chi connectivity index (χ2v) is 4.33. The summed E-state index contributed by atoms with van der Waals surface area (Å²) in [7, 11) is 0. The number of benzene rings is 1. The van der Waals surface area contributed by atoms with Crippen molar-refractivity contribution in [3.63, 3.8) is 0 Å². The van der Waals surface area contributed by atoms with Gasteiger partial charge in [-0.15, -0.1) is 0 Å². The summed E-state index contributed by atoms with van der Waals surface area (Å²) in [5, 5.41) is 0. The summed E-state index contributed by atoms with van der Waals surface area (Å²) in [5.74, 6) is 0.214. The molecule has 76 valence electrons. The topological polar surface area (TPSA) is 35.2 Å². The minimum Gasteiger partial charge on any atom is -0.488 e. The minimum atomic E-state index is -0.358. The fraction of sp³-hybridized carbons (Fsp3) is 0.400. The Labute approximate surface area is 90.4 Å². The van der Waals surface area contributed by atoms with Gasteiger partial charge < -0.3 is 10.5 Å². The molecule has 2 nitrogen and oxygen atoms in total. The normalized spacial score (nSPS) is 16.4. The third-order valence-corrected chi connectivity index (χ3v) is 3.01. The average Bonchev–Trinajstić information content (AvgIpc) is 2.06. The molecule has 0 spiro atoms. The van der Waals surface area contributed by atoms with Gasteiger partial charge in [0.2, 0.25) is 0 Å². The van der Waals surface area contributed by atoms with Crippen molar-refractivity contribution in [3.05, 3.63) is 22.4 Å². The van der Waals surface area contributed by atoms with Crippen LogP contribution in [0.4, 0.5) is 10.1 Å². The molecule has 2 rings (SSSR count). The molecule has 0 aromatic heterocycles. The summed E-state index contributed by atoms with van der Waals surface area (Å²) in [6, 6.07) is 2.86. The maximum Gasteiger partial charge on any atom is 0.143 e. The van der Waals surface area contributed by atoms with Crippen LogP contribution in [-0.4, -0.2) is 6.10 Å². The van der Waals surface area contributed by atoms with E-state index in [9.17, 15) is 4.39 Å². The SMILES string of the molecule is Nc1cc(F)c(Br)cc1OC1CCC1. The van der Waals surface area contributed by atoms with Crippen LogP contribution in [0.2, 0.25) is 0 Å². The smallest absolute Gasteiger partial charge is 0.143 e. The quantitative estimate of drug-likeness (QED) is 0.829. The molecule has 0 bridgehead atoms. The lowest BCUT2D eigenvalue weighted by atomic mass is 9.96. The standard InChI is InChI=1S/C10H11BrFNO/c11-7-4-10(9(13)5-8(7)12)14-6-2-1-3-6/h4-6H,1-3,13H2. The molecular formula is C10H11BrFNO. The largest absolute Gasteiger partial charge is 0.488 e. The third-order valence-electron chi connectivity index (χ3n) is 2.40. The monoisotopic (exact) mass is 259 g/mol.